The van der Waals surface area contributed by atoms with Gasteiger partial charge in [0.25, 0.3) is 0 Å². The molecule has 0 amide bonds. The van der Waals surface area contributed by atoms with E-state index < -0.39 is 42.8 Å². The second-order valence-electron chi connectivity index (χ2n) is 12.3. The van der Waals surface area contributed by atoms with Crippen LogP contribution < -0.4 is 0 Å². The minimum atomic E-state index is -1.05. The van der Waals surface area contributed by atoms with Crippen molar-refractivity contribution >= 4 is 5.97 Å². The Morgan fingerprint density at radius 1 is 0.510 bits per heavy atom. The molecule has 8 nitrogen and oxygen atoms in total. The average molecular weight is 689 g/mol. The van der Waals surface area contributed by atoms with Crippen LogP contribution >= 0.6 is 0 Å². The molecule has 0 bridgehead atoms. The van der Waals surface area contributed by atoms with Crippen molar-refractivity contribution in [2.45, 2.75) is 63.2 Å². The van der Waals surface area contributed by atoms with E-state index in [0.717, 1.165) is 22.3 Å². The van der Waals surface area contributed by atoms with E-state index in [-0.39, 0.29) is 26.4 Å². The summed E-state index contributed by atoms with van der Waals surface area (Å²) in [5.74, 6) is -0.540. The van der Waals surface area contributed by atoms with E-state index in [1.165, 1.54) is 7.11 Å². The molecule has 264 valence electrons. The van der Waals surface area contributed by atoms with Crippen LogP contribution in [-0.2, 0) is 59.6 Å². The van der Waals surface area contributed by atoms with Crippen molar-refractivity contribution in [3.63, 3.8) is 0 Å². The van der Waals surface area contributed by atoms with Gasteiger partial charge in [0.05, 0.1) is 38.6 Å². The van der Waals surface area contributed by atoms with E-state index in [9.17, 15) is 4.79 Å². The fourth-order valence-corrected chi connectivity index (χ4v) is 6.03. The maximum absolute atomic E-state index is 13.7. The Morgan fingerprint density at radius 3 is 1.35 bits per heavy atom. The van der Waals surface area contributed by atoms with Crippen LogP contribution in [0, 0.1) is 0 Å². The summed E-state index contributed by atoms with van der Waals surface area (Å²) in [6.45, 7) is 1.24. The van der Waals surface area contributed by atoms with Crippen LogP contribution in [0.5, 0.6) is 0 Å². The van der Waals surface area contributed by atoms with Crippen molar-refractivity contribution in [3.05, 3.63) is 179 Å². The summed E-state index contributed by atoms with van der Waals surface area (Å²) in [6, 6.07) is 48.4. The van der Waals surface area contributed by atoms with Gasteiger partial charge in [-0.2, -0.15) is 0 Å². The molecular weight excluding hydrogens is 644 g/mol. The van der Waals surface area contributed by atoms with E-state index in [2.05, 4.69) is 0 Å². The van der Waals surface area contributed by atoms with Gasteiger partial charge in [-0.3, -0.25) is 0 Å². The van der Waals surface area contributed by atoms with Gasteiger partial charge in [-0.25, -0.2) is 4.79 Å². The van der Waals surface area contributed by atoms with Crippen molar-refractivity contribution in [1.29, 1.82) is 0 Å². The molecule has 6 rings (SSSR count). The zero-order valence-corrected chi connectivity index (χ0v) is 28.7. The molecular formula is C43H44O8. The smallest absolute Gasteiger partial charge is 0.338 e. The number of ether oxygens (including phenoxy) is 7. The van der Waals surface area contributed by atoms with Gasteiger partial charge in [0.1, 0.15) is 24.4 Å². The second kappa shape index (κ2) is 19.1. The summed E-state index contributed by atoms with van der Waals surface area (Å²) in [4.78, 5) is 13.7. The van der Waals surface area contributed by atoms with E-state index in [1.807, 2.05) is 127 Å². The topological polar surface area (TPSA) is 81.7 Å². The van der Waals surface area contributed by atoms with Crippen LogP contribution in [0.15, 0.2) is 152 Å². The van der Waals surface area contributed by atoms with Gasteiger partial charge in [-0.15, -0.1) is 0 Å². The highest BCUT2D eigenvalue weighted by Gasteiger charge is 2.51. The van der Waals surface area contributed by atoms with Gasteiger partial charge in [-0.1, -0.05) is 140 Å². The van der Waals surface area contributed by atoms with Gasteiger partial charge in [0.15, 0.2) is 12.4 Å². The first-order chi connectivity index (χ1) is 25.2. The third-order valence-electron chi connectivity index (χ3n) is 8.65. The summed E-state index contributed by atoms with van der Waals surface area (Å²) in [6.07, 6.45) is -5.20. The normalized spacial score (nSPS) is 21.8. The summed E-state index contributed by atoms with van der Waals surface area (Å²) < 4.78 is 45.6. The zero-order valence-electron chi connectivity index (χ0n) is 28.7. The minimum Gasteiger partial charge on any atom is -0.450 e. The first-order valence-corrected chi connectivity index (χ1v) is 17.2. The average Bonchev–Trinajstić information content (AvgIpc) is 3.30. The Balaban J connectivity index is 1.38. The Bertz CT molecular complexity index is 1710. The molecule has 1 aliphatic heterocycles. The molecule has 0 N–H and O–H groups in total. The van der Waals surface area contributed by atoms with Crippen molar-refractivity contribution in [2.24, 2.45) is 0 Å². The van der Waals surface area contributed by atoms with E-state index >= 15 is 0 Å². The molecule has 5 aromatic rings. The third-order valence-corrected chi connectivity index (χ3v) is 8.65. The van der Waals surface area contributed by atoms with Crippen molar-refractivity contribution in [2.75, 3.05) is 13.7 Å². The number of carbonyl (C=O) groups is 1. The molecule has 0 aromatic heterocycles. The number of carbonyl (C=O) groups excluding carboxylic acids is 1. The minimum absolute atomic E-state index is 0.143. The van der Waals surface area contributed by atoms with Crippen LogP contribution in [0.1, 0.15) is 32.6 Å². The highest BCUT2D eigenvalue weighted by molar-refractivity contribution is 5.89. The predicted molar refractivity (Wildman–Crippen MR) is 192 cm³/mol. The number of benzene rings is 5. The SMILES string of the molecule is CO[C@@H]1O[C@H](COCc2ccccc2)[C@H](OCc2ccccc2)[C@H](OCc2ccccc2)[C@@H](OCc2ccccc2)[C@H]1OC(=O)c1ccccc1. The summed E-state index contributed by atoms with van der Waals surface area (Å²) in [5, 5.41) is 0. The molecule has 0 saturated carbocycles. The summed E-state index contributed by atoms with van der Waals surface area (Å²) in [5.41, 5.74) is 4.29. The number of methoxy groups -OCH3 is 1. The zero-order chi connectivity index (χ0) is 35.1. The van der Waals surface area contributed by atoms with Crippen LogP contribution in [0.2, 0.25) is 0 Å². The number of rotatable bonds is 16. The highest BCUT2D eigenvalue weighted by atomic mass is 16.7. The summed E-state index contributed by atoms with van der Waals surface area (Å²) in [7, 11) is 1.52. The third kappa shape index (κ3) is 10.4. The maximum Gasteiger partial charge on any atom is 0.338 e. The Kier molecular flexibility index (Phi) is 13.5. The molecule has 6 atom stereocenters. The van der Waals surface area contributed by atoms with Crippen molar-refractivity contribution in [1.82, 2.24) is 0 Å². The van der Waals surface area contributed by atoms with Crippen molar-refractivity contribution < 1.29 is 38.0 Å². The molecule has 8 heteroatoms. The van der Waals surface area contributed by atoms with Gasteiger partial charge >= 0.3 is 5.97 Å². The summed E-state index contributed by atoms with van der Waals surface area (Å²) >= 11 is 0. The molecule has 0 radical (unpaired) electrons. The molecule has 0 spiro atoms. The molecule has 5 aromatic carbocycles. The largest absolute Gasteiger partial charge is 0.450 e. The van der Waals surface area contributed by atoms with Gasteiger partial charge in [-0.05, 0) is 34.4 Å². The van der Waals surface area contributed by atoms with Crippen LogP contribution in [-0.4, -0.2) is 56.5 Å². The predicted octanol–water partition coefficient (Wildman–Crippen LogP) is 7.56. The maximum atomic E-state index is 13.7. The number of esters is 1. The molecule has 1 saturated heterocycles. The molecule has 1 heterocycles. The van der Waals surface area contributed by atoms with E-state index in [0.29, 0.717) is 12.2 Å². The molecule has 0 aliphatic carbocycles. The number of hydrogen-bond donors (Lipinski definition) is 0. The molecule has 51 heavy (non-hydrogen) atoms. The van der Waals surface area contributed by atoms with Crippen LogP contribution in [0.25, 0.3) is 0 Å². The lowest BCUT2D eigenvalue weighted by Gasteiger charge is -2.36. The van der Waals surface area contributed by atoms with Gasteiger partial charge < -0.3 is 33.2 Å². The van der Waals surface area contributed by atoms with E-state index in [4.69, 9.17) is 33.2 Å². The van der Waals surface area contributed by atoms with Gasteiger partial charge in [0.2, 0.25) is 0 Å². The Morgan fingerprint density at radius 2 is 0.902 bits per heavy atom. The Hall–Kier alpha value is -4.67. The quantitative estimate of drug-likeness (QED) is 0.0984. The lowest BCUT2D eigenvalue weighted by molar-refractivity contribution is -0.231. The van der Waals surface area contributed by atoms with Crippen LogP contribution in [0.3, 0.4) is 0 Å². The van der Waals surface area contributed by atoms with Crippen LogP contribution in [0.4, 0.5) is 0 Å². The molecule has 0 unspecified atom stereocenters. The molecule has 1 fully saturated rings. The fraction of sp³-hybridized carbons (Fsp3) is 0.279. The first kappa shape index (κ1) is 36.1. The first-order valence-electron chi connectivity index (χ1n) is 17.2. The number of hydrogen-bond acceptors (Lipinski definition) is 8. The lowest BCUT2D eigenvalue weighted by atomic mass is 9.99. The highest BCUT2D eigenvalue weighted by Crippen LogP contribution is 2.32. The fourth-order valence-electron chi connectivity index (χ4n) is 6.03. The van der Waals surface area contributed by atoms with Gasteiger partial charge in [0, 0.05) is 7.11 Å². The molecule has 1 aliphatic rings. The van der Waals surface area contributed by atoms with Crippen molar-refractivity contribution in [3.8, 4) is 0 Å². The lowest BCUT2D eigenvalue weighted by Crippen LogP contribution is -2.52. The monoisotopic (exact) mass is 688 g/mol. The second-order valence-corrected chi connectivity index (χ2v) is 12.3. The standard InChI is InChI=1S/C43H44O8/c1-45-43-41(51-42(44)36-25-15-6-16-26-36)40(49-30-35-23-13-5-14-24-35)39(48-29-34-21-11-4-12-22-34)38(47-28-33-19-9-3-10-20-33)37(50-43)31-46-27-32-17-7-2-8-18-32/h2-26,37-41,43H,27-31H2,1H3/t37-,38+,39+,40-,41-,43-/m1/s1. The Labute approximate surface area is 299 Å². The van der Waals surface area contributed by atoms with E-state index in [1.54, 1.807) is 24.3 Å².